The average molecular weight is 376 g/mol. The number of carboxylic acid groups (broad SMARTS) is 1. The van der Waals surface area contributed by atoms with Crippen molar-refractivity contribution in [1.29, 1.82) is 0 Å². The highest BCUT2D eigenvalue weighted by Crippen LogP contribution is 2.27. The van der Waals surface area contributed by atoms with Gasteiger partial charge < -0.3 is 5.11 Å². The monoisotopic (exact) mass is 375 g/mol. The molecule has 3 aromatic carbocycles. The Morgan fingerprint density at radius 3 is 2.24 bits per heavy atom. The summed E-state index contributed by atoms with van der Waals surface area (Å²) in [4.78, 5) is 11.2. The number of carboxylic acids is 1. The second kappa shape index (κ2) is 6.74. The summed E-state index contributed by atoms with van der Waals surface area (Å²) in [6, 6.07) is 18.0. The maximum atomic E-state index is 13.0. The standard InChI is InChI=1S/C18H14ClNO4S/c19-15-6-8-16(9-7-15)20(12-18(21)22)25(23,24)17-10-5-13-3-1-2-4-14(13)11-17/h1-11H,12H2,(H,21,22). The topological polar surface area (TPSA) is 74.7 Å². The molecule has 0 saturated heterocycles. The Labute approximate surface area is 150 Å². The summed E-state index contributed by atoms with van der Waals surface area (Å²) < 4.78 is 26.9. The highest BCUT2D eigenvalue weighted by Gasteiger charge is 2.27. The molecule has 0 aliphatic carbocycles. The fourth-order valence-electron chi connectivity index (χ4n) is 2.50. The first-order valence-electron chi connectivity index (χ1n) is 7.37. The zero-order chi connectivity index (χ0) is 18.0. The summed E-state index contributed by atoms with van der Waals surface area (Å²) in [6.45, 7) is -0.684. The van der Waals surface area contributed by atoms with Crippen LogP contribution in [0, 0.1) is 0 Å². The van der Waals surface area contributed by atoms with Gasteiger partial charge >= 0.3 is 5.97 Å². The minimum absolute atomic E-state index is 0.0300. The molecule has 128 valence electrons. The minimum Gasteiger partial charge on any atom is -0.480 e. The van der Waals surface area contributed by atoms with Gasteiger partial charge in [0.2, 0.25) is 0 Å². The van der Waals surface area contributed by atoms with Gasteiger partial charge in [-0.1, -0.05) is 41.9 Å². The van der Waals surface area contributed by atoms with E-state index in [-0.39, 0.29) is 10.6 Å². The molecule has 0 saturated carbocycles. The SMILES string of the molecule is O=C(O)CN(c1ccc(Cl)cc1)S(=O)(=O)c1ccc2ccccc2c1. The number of benzene rings is 3. The number of nitrogens with zero attached hydrogens (tertiary/aromatic N) is 1. The molecule has 0 aromatic heterocycles. The van der Waals surface area contributed by atoms with Crippen LogP contribution in [0.4, 0.5) is 5.69 Å². The molecule has 0 aliphatic rings. The van der Waals surface area contributed by atoms with Crippen LogP contribution < -0.4 is 4.31 Å². The van der Waals surface area contributed by atoms with Crippen molar-refractivity contribution in [2.45, 2.75) is 4.90 Å². The normalized spacial score (nSPS) is 11.4. The molecular formula is C18H14ClNO4S. The summed E-state index contributed by atoms with van der Waals surface area (Å²) in [5, 5.41) is 11.2. The second-order valence-corrected chi connectivity index (χ2v) is 7.69. The molecule has 0 fully saturated rings. The van der Waals surface area contributed by atoms with Gasteiger partial charge in [0.05, 0.1) is 10.6 Å². The smallest absolute Gasteiger partial charge is 0.324 e. The van der Waals surface area contributed by atoms with Crippen molar-refractivity contribution in [3.05, 3.63) is 71.8 Å². The van der Waals surface area contributed by atoms with Crippen LogP contribution in [0.1, 0.15) is 0 Å². The Kier molecular flexibility index (Phi) is 4.65. The average Bonchev–Trinajstić information content (AvgIpc) is 2.60. The van der Waals surface area contributed by atoms with Crippen LogP contribution in [0.25, 0.3) is 10.8 Å². The van der Waals surface area contributed by atoms with E-state index in [0.717, 1.165) is 15.1 Å². The Morgan fingerprint density at radius 1 is 0.960 bits per heavy atom. The number of halogens is 1. The van der Waals surface area contributed by atoms with Gasteiger partial charge in [0.1, 0.15) is 6.54 Å². The van der Waals surface area contributed by atoms with Crippen molar-refractivity contribution in [2.24, 2.45) is 0 Å². The molecule has 0 radical (unpaired) electrons. The third-order valence-corrected chi connectivity index (χ3v) is 5.72. The van der Waals surface area contributed by atoms with Gasteiger partial charge in [-0.2, -0.15) is 0 Å². The van der Waals surface area contributed by atoms with E-state index in [0.29, 0.717) is 5.02 Å². The van der Waals surface area contributed by atoms with Crippen molar-refractivity contribution in [3.63, 3.8) is 0 Å². The summed E-state index contributed by atoms with van der Waals surface area (Å²) in [6.07, 6.45) is 0. The van der Waals surface area contributed by atoms with Gasteiger partial charge in [-0.25, -0.2) is 8.42 Å². The molecule has 3 aromatic rings. The van der Waals surface area contributed by atoms with Crippen molar-refractivity contribution < 1.29 is 18.3 Å². The van der Waals surface area contributed by atoms with Crippen molar-refractivity contribution in [1.82, 2.24) is 0 Å². The lowest BCUT2D eigenvalue weighted by Gasteiger charge is -2.23. The fourth-order valence-corrected chi connectivity index (χ4v) is 4.08. The van der Waals surface area contributed by atoms with E-state index in [1.54, 1.807) is 12.1 Å². The predicted octanol–water partition coefficient (Wildman–Crippen LogP) is 3.77. The van der Waals surface area contributed by atoms with E-state index in [1.807, 2.05) is 18.2 Å². The minimum atomic E-state index is -4.04. The zero-order valence-electron chi connectivity index (χ0n) is 13.0. The van der Waals surface area contributed by atoms with E-state index < -0.39 is 22.5 Å². The summed E-state index contributed by atoms with van der Waals surface area (Å²) in [5.41, 5.74) is 0.236. The molecule has 0 aliphatic heterocycles. The number of rotatable bonds is 5. The summed E-state index contributed by atoms with van der Waals surface area (Å²) in [7, 11) is -4.04. The molecular weight excluding hydrogens is 362 g/mol. The summed E-state index contributed by atoms with van der Waals surface area (Å²) in [5.74, 6) is -1.25. The van der Waals surface area contributed by atoms with Gasteiger partial charge in [0, 0.05) is 5.02 Å². The molecule has 0 heterocycles. The quantitative estimate of drug-likeness (QED) is 0.736. The van der Waals surface area contributed by atoms with Gasteiger partial charge in [-0.3, -0.25) is 9.10 Å². The van der Waals surface area contributed by atoms with E-state index in [1.165, 1.54) is 36.4 Å². The van der Waals surface area contributed by atoms with E-state index >= 15 is 0 Å². The van der Waals surface area contributed by atoms with Crippen LogP contribution in [0.15, 0.2) is 71.6 Å². The first-order valence-corrected chi connectivity index (χ1v) is 9.18. The van der Waals surface area contributed by atoms with Gasteiger partial charge in [0.15, 0.2) is 0 Å². The molecule has 0 atom stereocenters. The number of hydrogen-bond donors (Lipinski definition) is 1. The lowest BCUT2D eigenvalue weighted by Crippen LogP contribution is -2.35. The Morgan fingerprint density at radius 2 is 1.60 bits per heavy atom. The van der Waals surface area contributed by atoms with Gasteiger partial charge in [0.25, 0.3) is 10.0 Å². The highest BCUT2D eigenvalue weighted by atomic mass is 35.5. The molecule has 0 bridgehead atoms. The molecule has 3 rings (SSSR count). The largest absolute Gasteiger partial charge is 0.480 e. The van der Waals surface area contributed by atoms with E-state index in [4.69, 9.17) is 16.7 Å². The fraction of sp³-hybridized carbons (Fsp3) is 0.0556. The Bertz CT molecular complexity index is 1030. The number of anilines is 1. The van der Waals surface area contributed by atoms with Crippen LogP contribution in [-0.4, -0.2) is 26.0 Å². The van der Waals surface area contributed by atoms with Crippen LogP contribution in [0.2, 0.25) is 5.02 Å². The molecule has 0 spiro atoms. The Balaban J connectivity index is 2.11. The third kappa shape index (κ3) is 3.60. The second-order valence-electron chi connectivity index (χ2n) is 5.39. The maximum absolute atomic E-state index is 13.0. The van der Waals surface area contributed by atoms with E-state index in [9.17, 15) is 13.2 Å². The molecule has 0 amide bonds. The zero-order valence-corrected chi connectivity index (χ0v) is 14.5. The lowest BCUT2D eigenvalue weighted by molar-refractivity contribution is -0.135. The molecule has 1 N–H and O–H groups in total. The van der Waals surface area contributed by atoms with Crippen LogP contribution in [0.3, 0.4) is 0 Å². The number of sulfonamides is 1. The van der Waals surface area contributed by atoms with Crippen LogP contribution >= 0.6 is 11.6 Å². The van der Waals surface area contributed by atoms with Crippen LogP contribution in [0.5, 0.6) is 0 Å². The van der Waals surface area contributed by atoms with Crippen molar-refractivity contribution >= 4 is 44.1 Å². The Hall–Kier alpha value is -2.57. The summed E-state index contributed by atoms with van der Waals surface area (Å²) >= 11 is 5.83. The molecule has 5 nitrogen and oxygen atoms in total. The van der Waals surface area contributed by atoms with Crippen molar-refractivity contribution in [3.8, 4) is 0 Å². The molecule has 25 heavy (non-hydrogen) atoms. The maximum Gasteiger partial charge on any atom is 0.324 e. The first kappa shape index (κ1) is 17.3. The van der Waals surface area contributed by atoms with Crippen LogP contribution in [-0.2, 0) is 14.8 Å². The first-order chi connectivity index (χ1) is 11.9. The molecule has 7 heteroatoms. The number of fused-ring (bicyclic) bond motifs is 1. The number of aliphatic carboxylic acids is 1. The predicted molar refractivity (Wildman–Crippen MR) is 97.6 cm³/mol. The van der Waals surface area contributed by atoms with E-state index in [2.05, 4.69) is 0 Å². The third-order valence-electron chi connectivity index (χ3n) is 3.70. The lowest BCUT2D eigenvalue weighted by atomic mass is 10.1. The number of hydrogen-bond acceptors (Lipinski definition) is 3. The van der Waals surface area contributed by atoms with Gasteiger partial charge in [-0.05, 0) is 47.2 Å². The van der Waals surface area contributed by atoms with Gasteiger partial charge in [-0.15, -0.1) is 0 Å². The van der Waals surface area contributed by atoms with Crippen molar-refractivity contribution in [2.75, 3.05) is 10.8 Å². The molecule has 0 unspecified atom stereocenters. The highest BCUT2D eigenvalue weighted by molar-refractivity contribution is 7.92. The number of carbonyl (C=O) groups is 1.